The van der Waals surface area contributed by atoms with Gasteiger partial charge in [0.15, 0.2) is 11.6 Å². The highest BCUT2D eigenvalue weighted by atomic mass is 16.1. The van der Waals surface area contributed by atoms with Gasteiger partial charge in [0.1, 0.15) is 5.78 Å². The lowest BCUT2D eigenvalue weighted by molar-refractivity contribution is -0.142. The van der Waals surface area contributed by atoms with Gasteiger partial charge in [-0.25, -0.2) is 0 Å². The SMILES string of the molecule is CC(=O)C=CCC(C)C1CCC2(C)C3=C(C(=O)CC12C)C1(C)CCC(=O)C(C)(C)C1CC3. The summed E-state index contributed by atoms with van der Waals surface area (Å²) in [6.45, 7) is 15.2. The van der Waals surface area contributed by atoms with E-state index in [0.29, 0.717) is 36.2 Å². The van der Waals surface area contributed by atoms with Gasteiger partial charge < -0.3 is 0 Å². The van der Waals surface area contributed by atoms with Gasteiger partial charge in [0.2, 0.25) is 0 Å². The third-order valence-electron chi connectivity index (χ3n) is 10.8. The molecule has 3 heteroatoms. The van der Waals surface area contributed by atoms with E-state index in [1.807, 2.05) is 6.08 Å². The number of carbonyl (C=O) groups is 3. The normalized spacial score (nSPS) is 42.0. The molecule has 2 fully saturated rings. The van der Waals surface area contributed by atoms with E-state index in [1.165, 1.54) is 5.57 Å². The molecule has 4 aliphatic rings. The quantitative estimate of drug-likeness (QED) is 0.461. The largest absolute Gasteiger partial charge is 0.299 e. The molecule has 0 aromatic rings. The minimum atomic E-state index is -0.344. The van der Waals surface area contributed by atoms with E-state index in [2.05, 4.69) is 41.5 Å². The molecule has 0 aromatic heterocycles. The molecule has 0 aliphatic heterocycles. The molecule has 0 radical (unpaired) electrons. The summed E-state index contributed by atoms with van der Waals surface area (Å²) < 4.78 is 0. The van der Waals surface area contributed by atoms with Gasteiger partial charge in [-0.05, 0) is 80.1 Å². The van der Waals surface area contributed by atoms with Crippen LogP contribution in [0.25, 0.3) is 0 Å². The maximum absolute atomic E-state index is 13.9. The summed E-state index contributed by atoms with van der Waals surface area (Å²) in [6.07, 6.45) is 10.9. The van der Waals surface area contributed by atoms with E-state index in [-0.39, 0.29) is 33.4 Å². The van der Waals surface area contributed by atoms with Crippen molar-refractivity contribution in [3.8, 4) is 0 Å². The Kier molecular flexibility index (Phi) is 5.54. The molecule has 0 amide bonds. The van der Waals surface area contributed by atoms with Crippen molar-refractivity contribution in [2.45, 2.75) is 99.8 Å². The van der Waals surface area contributed by atoms with Crippen LogP contribution in [0.2, 0.25) is 0 Å². The molecule has 4 rings (SSSR count). The zero-order valence-electron chi connectivity index (χ0n) is 21.3. The number of fused-ring (bicyclic) bond motifs is 4. The molecule has 6 unspecified atom stereocenters. The Morgan fingerprint density at radius 3 is 2.41 bits per heavy atom. The highest BCUT2D eigenvalue weighted by Gasteiger charge is 2.65. The highest BCUT2D eigenvalue weighted by Crippen LogP contribution is 2.71. The van der Waals surface area contributed by atoms with E-state index in [0.717, 1.165) is 44.1 Å². The standard InChI is InChI=1S/C29H42O3/c1-18(9-8-10-19(2)30)20-13-16-28(6)21-11-12-23-26(3,4)24(32)14-15-27(23,5)25(21)22(31)17-29(20,28)7/h8,10,18,20,23H,9,11-17H2,1-7H3. The Labute approximate surface area is 194 Å². The molecule has 0 bridgehead atoms. The monoisotopic (exact) mass is 438 g/mol. The lowest BCUT2D eigenvalue weighted by Crippen LogP contribution is -2.56. The maximum Gasteiger partial charge on any atom is 0.159 e. The molecule has 0 aromatic carbocycles. The molecule has 0 N–H and O–H groups in total. The predicted molar refractivity (Wildman–Crippen MR) is 128 cm³/mol. The number of Topliss-reactive ketones (excluding diaryl/α,β-unsaturated/α-hetero) is 2. The Bertz CT molecular complexity index is 921. The molecule has 6 atom stereocenters. The molecule has 4 aliphatic carbocycles. The Hall–Kier alpha value is -1.51. The van der Waals surface area contributed by atoms with Crippen molar-refractivity contribution < 1.29 is 14.4 Å². The van der Waals surface area contributed by atoms with Gasteiger partial charge in [0, 0.05) is 29.2 Å². The number of ketones is 3. The van der Waals surface area contributed by atoms with Gasteiger partial charge in [0.25, 0.3) is 0 Å². The van der Waals surface area contributed by atoms with Crippen LogP contribution in [0.15, 0.2) is 23.3 Å². The van der Waals surface area contributed by atoms with Crippen molar-refractivity contribution in [1.29, 1.82) is 0 Å². The summed E-state index contributed by atoms with van der Waals surface area (Å²) in [7, 11) is 0. The highest BCUT2D eigenvalue weighted by molar-refractivity contribution is 6.00. The van der Waals surface area contributed by atoms with Crippen LogP contribution < -0.4 is 0 Å². The molecular formula is C29H42O3. The summed E-state index contributed by atoms with van der Waals surface area (Å²) in [6, 6.07) is 0. The van der Waals surface area contributed by atoms with Crippen LogP contribution in [0.5, 0.6) is 0 Å². The van der Waals surface area contributed by atoms with Crippen LogP contribution in [0, 0.1) is 39.4 Å². The van der Waals surface area contributed by atoms with Gasteiger partial charge in [0.05, 0.1) is 0 Å². The lowest BCUT2D eigenvalue weighted by atomic mass is 9.43. The average molecular weight is 439 g/mol. The maximum atomic E-state index is 13.9. The second kappa shape index (κ2) is 7.50. The minimum absolute atomic E-state index is 0.0321. The van der Waals surface area contributed by atoms with Crippen molar-refractivity contribution in [2.24, 2.45) is 39.4 Å². The fraction of sp³-hybridized carbons (Fsp3) is 0.759. The van der Waals surface area contributed by atoms with Crippen molar-refractivity contribution in [3.63, 3.8) is 0 Å². The number of rotatable bonds is 4. The number of carbonyl (C=O) groups excluding carboxylic acids is 3. The minimum Gasteiger partial charge on any atom is -0.299 e. The van der Waals surface area contributed by atoms with Crippen LogP contribution in [0.4, 0.5) is 0 Å². The van der Waals surface area contributed by atoms with Gasteiger partial charge in [-0.3, -0.25) is 14.4 Å². The third kappa shape index (κ3) is 3.09. The molecule has 0 heterocycles. The van der Waals surface area contributed by atoms with Crippen LogP contribution in [-0.4, -0.2) is 17.3 Å². The van der Waals surface area contributed by atoms with Crippen LogP contribution in [0.1, 0.15) is 99.8 Å². The van der Waals surface area contributed by atoms with Crippen LogP contribution >= 0.6 is 0 Å². The fourth-order valence-corrected chi connectivity index (χ4v) is 8.86. The van der Waals surface area contributed by atoms with Crippen LogP contribution in [0.3, 0.4) is 0 Å². The molecule has 176 valence electrons. The molecule has 0 spiro atoms. The number of hydrogen-bond donors (Lipinski definition) is 0. The number of allylic oxidation sites excluding steroid dienone is 4. The van der Waals surface area contributed by atoms with Gasteiger partial charge >= 0.3 is 0 Å². The summed E-state index contributed by atoms with van der Waals surface area (Å²) >= 11 is 0. The zero-order valence-corrected chi connectivity index (χ0v) is 21.3. The zero-order chi connectivity index (χ0) is 23.7. The summed E-state index contributed by atoms with van der Waals surface area (Å²) in [5.74, 6) is 2.02. The van der Waals surface area contributed by atoms with Crippen molar-refractivity contribution in [2.75, 3.05) is 0 Å². The van der Waals surface area contributed by atoms with E-state index in [1.54, 1.807) is 13.0 Å². The van der Waals surface area contributed by atoms with Gasteiger partial charge in [-0.15, -0.1) is 0 Å². The molecule has 0 saturated heterocycles. The summed E-state index contributed by atoms with van der Waals surface area (Å²) in [4.78, 5) is 38.1. The Balaban J connectivity index is 1.73. The molecule has 3 nitrogen and oxygen atoms in total. The van der Waals surface area contributed by atoms with E-state index < -0.39 is 0 Å². The van der Waals surface area contributed by atoms with E-state index >= 15 is 0 Å². The molecule has 32 heavy (non-hydrogen) atoms. The van der Waals surface area contributed by atoms with E-state index in [9.17, 15) is 14.4 Å². The first kappa shape index (κ1) is 23.6. The first-order valence-electron chi connectivity index (χ1n) is 12.8. The lowest BCUT2D eigenvalue weighted by Gasteiger charge is -2.60. The fourth-order valence-electron chi connectivity index (χ4n) is 8.86. The first-order chi connectivity index (χ1) is 14.8. The second-order valence-electron chi connectivity index (χ2n) is 12.7. The van der Waals surface area contributed by atoms with Crippen molar-refractivity contribution >= 4 is 17.3 Å². The van der Waals surface area contributed by atoms with E-state index in [4.69, 9.17) is 0 Å². The molecule has 2 saturated carbocycles. The Morgan fingerprint density at radius 2 is 1.75 bits per heavy atom. The Morgan fingerprint density at radius 1 is 1.06 bits per heavy atom. The number of hydrogen-bond acceptors (Lipinski definition) is 3. The summed E-state index contributed by atoms with van der Waals surface area (Å²) in [5, 5.41) is 0. The second-order valence-corrected chi connectivity index (χ2v) is 12.7. The molecular weight excluding hydrogens is 396 g/mol. The third-order valence-corrected chi connectivity index (χ3v) is 10.8. The smallest absolute Gasteiger partial charge is 0.159 e. The van der Waals surface area contributed by atoms with Crippen molar-refractivity contribution in [3.05, 3.63) is 23.3 Å². The average Bonchev–Trinajstić information content (AvgIpc) is 2.96. The van der Waals surface area contributed by atoms with Crippen molar-refractivity contribution in [1.82, 2.24) is 0 Å². The van der Waals surface area contributed by atoms with Crippen LogP contribution in [-0.2, 0) is 14.4 Å². The first-order valence-corrected chi connectivity index (χ1v) is 12.8. The van der Waals surface area contributed by atoms with Gasteiger partial charge in [-0.1, -0.05) is 53.2 Å². The predicted octanol–water partition coefficient (Wildman–Crippen LogP) is 6.66. The van der Waals surface area contributed by atoms with Gasteiger partial charge in [-0.2, -0.15) is 0 Å². The topological polar surface area (TPSA) is 51.2 Å². The summed E-state index contributed by atoms with van der Waals surface area (Å²) in [5.41, 5.74) is 2.08.